The van der Waals surface area contributed by atoms with Crippen LogP contribution in [0.4, 0.5) is 0 Å². The zero-order valence-corrected chi connectivity index (χ0v) is 14.6. The molecule has 1 aromatic rings. The van der Waals surface area contributed by atoms with Gasteiger partial charge in [0.15, 0.2) is 5.96 Å². The van der Waals surface area contributed by atoms with Gasteiger partial charge in [0.2, 0.25) is 0 Å². The number of nitrogens with zero attached hydrogens (tertiary/aromatic N) is 2. The van der Waals surface area contributed by atoms with Crippen LogP contribution >= 0.6 is 0 Å². The lowest BCUT2D eigenvalue weighted by Gasteiger charge is -2.30. The minimum Gasteiger partial charge on any atom is -0.393 e. The summed E-state index contributed by atoms with van der Waals surface area (Å²) in [6.45, 7) is 5.59. The van der Waals surface area contributed by atoms with Crippen LogP contribution in [0.1, 0.15) is 38.2 Å². The van der Waals surface area contributed by atoms with Crippen LogP contribution in [0.5, 0.6) is 0 Å². The van der Waals surface area contributed by atoms with Crippen molar-refractivity contribution < 1.29 is 5.11 Å². The second-order valence-corrected chi connectivity index (χ2v) is 6.74. The van der Waals surface area contributed by atoms with Crippen molar-refractivity contribution in [3.63, 3.8) is 0 Å². The van der Waals surface area contributed by atoms with E-state index in [2.05, 4.69) is 53.5 Å². The molecule has 1 fully saturated rings. The van der Waals surface area contributed by atoms with Gasteiger partial charge < -0.3 is 15.3 Å². The van der Waals surface area contributed by atoms with Crippen molar-refractivity contribution in [3.8, 4) is 0 Å². The zero-order valence-electron chi connectivity index (χ0n) is 14.6. The predicted octanol–water partition coefficient (Wildman–Crippen LogP) is 2.90. The number of aliphatic imine (C=N–C) groups is 1. The average Bonchev–Trinajstić information content (AvgIpc) is 3.04. The first-order chi connectivity index (χ1) is 11.8. The summed E-state index contributed by atoms with van der Waals surface area (Å²) in [6.07, 6.45) is 6.36. The Kier molecular flexibility index (Phi) is 5.91. The fraction of sp³-hybridized carbons (Fsp3) is 0.550. The summed E-state index contributed by atoms with van der Waals surface area (Å²) in [7, 11) is 0. The molecule has 0 radical (unpaired) electrons. The molecule has 1 heterocycles. The Bertz CT molecular complexity index is 582. The molecule has 0 spiro atoms. The standard InChI is InChI=1S/C20H29N3O/c1-2-21-20(22-15-18-9-6-10-19(18)24)23-13-11-17(12-14-23)16-7-4-3-5-8-16/h3-5,7-8,11,18-19,24H,2,6,9-10,12-15H2,1H3,(H,21,22). The van der Waals surface area contributed by atoms with Crippen molar-refractivity contribution in [2.75, 3.05) is 26.2 Å². The molecule has 2 unspecified atom stereocenters. The molecule has 4 heteroatoms. The van der Waals surface area contributed by atoms with Crippen molar-refractivity contribution in [1.82, 2.24) is 10.2 Å². The van der Waals surface area contributed by atoms with Gasteiger partial charge >= 0.3 is 0 Å². The summed E-state index contributed by atoms with van der Waals surface area (Å²) in [6, 6.07) is 10.6. The molecule has 0 saturated heterocycles. The van der Waals surface area contributed by atoms with Crippen LogP contribution in [-0.2, 0) is 0 Å². The van der Waals surface area contributed by atoms with E-state index in [1.807, 2.05) is 0 Å². The van der Waals surface area contributed by atoms with E-state index in [1.54, 1.807) is 0 Å². The summed E-state index contributed by atoms with van der Waals surface area (Å²) >= 11 is 0. The first-order valence-electron chi connectivity index (χ1n) is 9.23. The van der Waals surface area contributed by atoms with Gasteiger partial charge in [0.05, 0.1) is 6.10 Å². The van der Waals surface area contributed by atoms with Crippen LogP contribution in [0.3, 0.4) is 0 Å². The number of benzene rings is 1. The molecule has 2 aliphatic rings. The minimum absolute atomic E-state index is 0.164. The maximum absolute atomic E-state index is 9.99. The van der Waals surface area contributed by atoms with E-state index in [-0.39, 0.29) is 6.10 Å². The van der Waals surface area contributed by atoms with Gasteiger partial charge in [0, 0.05) is 32.1 Å². The molecule has 2 atom stereocenters. The van der Waals surface area contributed by atoms with E-state index in [0.29, 0.717) is 5.92 Å². The summed E-state index contributed by atoms with van der Waals surface area (Å²) in [5.74, 6) is 1.32. The van der Waals surface area contributed by atoms with Crippen LogP contribution in [0.15, 0.2) is 41.4 Å². The Hall–Kier alpha value is -1.81. The summed E-state index contributed by atoms with van der Waals surface area (Å²) in [5.41, 5.74) is 2.75. The van der Waals surface area contributed by atoms with Gasteiger partial charge in [0.25, 0.3) is 0 Å². The smallest absolute Gasteiger partial charge is 0.194 e. The van der Waals surface area contributed by atoms with Crippen molar-refractivity contribution in [2.24, 2.45) is 10.9 Å². The second-order valence-electron chi connectivity index (χ2n) is 6.74. The SMILES string of the molecule is CCNC(=NCC1CCCC1O)N1CC=C(c2ccccc2)CC1. The number of hydrogen-bond acceptors (Lipinski definition) is 2. The lowest BCUT2D eigenvalue weighted by atomic mass is 10.00. The molecule has 0 aromatic heterocycles. The highest BCUT2D eigenvalue weighted by Crippen LogP contribution is 2.26. The van der Waals surface area contributed by atoms with Crippen molar-refractivity contribution in [1.29, 1.82) is 0 Å². The van der Waals surface area contributed by atoms with Crippen LogP contribution in [0.25, 0.3) is 5.57 Å². The highest BCUT2D eigenvalue weighted by Gasteiger charge is 2.25. The van der Waals surface area contributed by atoms with Gasteiger partial charge in [-0.05, 0) is 37.3 Å². The molecule has 1 saturated carbocycles. The van der Waals surface area contributed by atoms with Crippen LogP contribution in [0, 0.1) is 5.92 Å². The topological polar surface area (TPSA) is 47.9 Å². The summed E-state index contributed by atoms with van der Waals surface area (Å²) in [4.78, 5) is 7.13. The van der Waals surface area contributed by atoms with Gasteiger partial charge in [0.1, 0.15) is 0 Å². The number of nitrogens with one attached hydrogen (secondary N) is 1. The molecule has 130 valence electrons. The molecule has 0 amide bonds. The molecule has 1 aliphatic carbocycles. The summed E-state index contributed by atoms with van der Waals surface area (Å²) in [5, 5.41) is 13.4. The van der Waals surface area contributed by atoms with Crippen LogP contribution in [0.2, 0.25) is 0 Å². The molecular weight excluding hydrogens is 298 g/mol. The third-order valence-electron chi connectivity index (χ3n) is 5.08. The highest BCUT2D eigenvalue weighted by molar-refractivity contribution is 5.81. The van der Waals surface area contributed by atoms with Crippen LogP contribution < -0.4 is 5.32 Å². The predicted molar refractivity (Wildman–Crippen MR) is 99.9 cm³/mol. The van der Waals surface area contributed by atoms with Gasteiger partial charge in [-0.15, -0.1) is 0 Å². The number of aliphatic hydroxyl groups is 1. The van der Waals surface area contributed by atoms with Crippen molar-refractivity contribution in [2.45, 2.75) is 38.7 Å². The van der Waals surface area contributed by atoms with E-state index in [9.17, 15) is 5.11 Å². The van der Waals surface area contributed by atoms with E-state index >= 15 is 0 Å². The molecule has 3 rings (SSSR count). The minimum atomic E-state index is -0.164. The molecule has 24 heavy (non-hydrogen) atoms. The van der Waals surface area contributed by atoms with Gasteiger partial charge in [-0.25, -0.2) is 0 Å². The maximum atomic E-state index is 9.99. The van der Waals surface area contributed by atoms with Gasteiger partial charge in [-0.1, -0.05) is 42.8 Å². The Balaban J connectivity index is 1.63. The Morgan fingerprint density at radius 3 is 2.75 bits per heavy atom. The molecule has 0 bridgehead atoms. The first-order valence-corrected chi connectivity index (χ1v) is 9.23. The molecular formula is C20H29N3O. The van der Waals surface area contributed by atoms with E-state index in [1.165, 1.54) is 11.1 Å². The summed E-state index contributed by atoms with van der Waals surface area (Å²) < 4.78 is 0. The quantitative estimate of drug-likeness (QED) is 0.660. The van der Waals surface area contributed by atoms with Crippen molar-refractivity contribution in [3.05, 3.63) is 42.0 Å². The Morgan fingerprint density at radius 1 is 1.29 bits per heavy atom. The number of guanidine groups is 1. The van der Waals surface area contributed by atoms with Crippen molar-refractivity contribution >= 4 is 11.5 Å². The first kappa shape index (κ1) is 17.0. The molecule has 4 nitrogen and oxygen atoms in total. The lowest BCUT2D eigenvalue weighted by Crippen LogP contribution is -2.43. The molecule has 1 aliphatic heterocycles. The Labute approximate surface area is 145 Å². The zero-order chi connectivity index (χ0) is 16.8. The number of hydrogen-bond donors (Lipinski definition) is 2. The van der Waals surface area contributed by atoms with E-state index in [4.69, 9.17) is 4.99 Å². The van der Waals surface area contributed by atoms with Gasteiger partial charge in [-0.2, -0.15) is 0 Å². The normalized spacial score (nSPS) is 24.8. The maximum Gasteiger partial charge on any atom is 0.194 e. The highest BCUT2D eigenvalue weighted by atomic mass is 16.3. The monoisotopic (exact) mass is 327 g/mol. The number of aliphatic hydroxyl groups excluding tert-OH is 1. The second kappa shape index (κ2) is 8.34. The van der Waals surface area contributed by atoms with Crippen LogP contribution in [-0.4, -0.2) is 48.2 Å². The third-order valence-corrected chi connectivity index (χ3v) is 5.08. The molecule has 1 aromatic carbocycles. The van der Waals surface area contributed by atoms with E-state index < -0.39 is 0 Å². The average molecular weight is 327 g/mol. The fourth-order valence-electron chi connectivity index (χ4n) is 3.64. The fourth-order valence-corrected chi connectivity index (χ4v) is 3.64. The van der Waals surface area contributed by atoms with E-state index in [0.717, 1.165) is 57.8 Å². The molecule has 2 N–H and O–H groups in total. The van der Waals surface area contributed by atoms with Gasteiger partial charge in [-0.3, -0.25) is 4.99 Å². The Morgan fingerprint density at radius 2 is 2.12 bits per heavy atom. The number of rotatable bonds is 4. The lowest BCUT2D eigenvalue weighted by molar-refractivity contribution is 0.136. The third kappa shape index (κ3) is 4.18. The largest absolute Gasteiger partial charge is 0.393 e.